The van der Waals surface area contributed by atoms with E-state index >= 15 is 0 Å². The molecule has 2 aliphatic rings. The normalized spacial score (nSPS) is 18.9. The first-order valence-corrected chi connectivity index (χ1v) is 8.83. The van der Waals surface area contributed by atoms with Crippen LogP contribution in [0.4, 0.5) is 5.69 Å². The summed E-state index contributed by atoms with van der Waals surface area (Å²) >= 11 is 6.11. The number of ether oxygens (including phenoxy) is 1. The van der Waals surface area contributed by atoms with Gasteiger partial charge in [-0.2, -0.15) is 0 Å². The van der Waals surface area contributed by atoms with Crippen molar-refractivity contribution in [1.29, 1.82) is 0 Å². The first-order chi connectivity index (χ1) is 12.6. The second kappa shape index (κ2) is 6.97. The van der Waals surface area contributed by atoms with Crippen molar-refractivity contribution >= 4 is 29.1 Å². The van der Waals surface area contributed by atoms with E-state index in [9.17, 15) is 4.79 Å². The number of aliphatic imine (C=N–C) groups is 1. The molecule has 2 heterocycles. The van der Waals surface area contributed by atoms with E-state index in [0.29, 0.717) is 35.3 Å². The van der Waals surface area contributed by atoms with Gasteiger partial charge in [0.05, 0.1) is 12.0 Å². The lowest BCUT2D eigenvalue weighted by atomic mass is 10.1. The van der Waals surface area contributed by atoms with Gasteiger partial charge in [-0.25, -0.2) is 4.99 Å². The van der Waals surface area contributed by atoms with Crippen LogP contribution in [-0.4, -0.2) is 47.5 Å². The Morgan fingerprint density at radius 2 is 2.15 bits per heavy atom. The molecule has 2 N–H and O–H groups in total. The molecule has 0 saturated carbocycles. The van der Waals surface area contributed by atoms with Gasteiger partial charge in [-0.3, -0.25) is 4.79 Å². The van der Waals surface area contributed by atoms with Gasteiger partial charge < -0.3 is 20.1 Å². The van der Waals surface area contributed by atoms with E-state index < -0.39 is 5.97 Å². The van der Waals surface area contributed by atoms with Crippen LogP contribution in [0.1, 0.15) is 12.0 Å². The molecular formula is C19H18ClN3O3. The molecule has 1 unspecified atom stereocenters. The van der Waals surface area contributed by atoms with Crippen LogP contribution in [0.3, 0.4) is 0 Å². The zero-order valence-electron chi connectivity index (χ0n) is 14.0. The molecule has 7 heteroatoms. The van der Waals surface area contributed by atoms with Crippen molar-refractivity contribution < 1.29 is 14.6 Å². The molecule has 0 aromatic heterocycles. The van der Waals surface area contributed by atoms with Crippen LogP contribution < -0.4 is 10.1 Å². The van der Waals surface area contributed by atoms with Crippen LogP contribution in [0.5, 0.6) is 11.5 Å². The van der Waals surface area contributed by atoms with Crippen LogP contribution in [0.2, 0.25) is 5.02 Å². The number of benzene rings is 2. The number of hydrogen-bond acceptors (Lipinski definition) is 5. The van der Waals surface area contributed by atoms with Crippen LogP contribution in [-0.2, 0) is 4.79 Å². The minimum Gasteiger partial charge on any atom is -0.481 e. The molecule has 2 aliphatic heterocycles. The Kier molecular flexibility index (Phi) is 4.53. The number of nitrogens with zero attached hydrogens (tertiary/aromatic N) is 2. The number of carboxylic acids is 1. The summed E-state index contributed by atoms with van der Waals surface area (Å²) in [4.78, 5) is 18.0. The predicted octanol–water partition coefficient (Wildman–Crippen LogP) is 3.27. The molecule has 134 valence electrons. The highest BCUT2D eigenvalue weighted by atomic mass is 35.5. The monoisotopic (exact) mass is 371 g/mol. The minimum absolute atomic E-state index is 0.0775. The molecule has 0 aliphatic carbocycles. The summed E-state index contributed by atoms with van der Waals surface area (Å²) < 4.78 is 6.06. The van der Waals surface area contributed by atoms with Crippen molar-refractivity contribution in [2.75, 3.05) is 19.6 Å². The van der Waals surface area contributed by atoms with E-state index in [1.807, 2.05) is 30.3 Å². The van der Waals surface area contributed by atoms with Gasteiger partial charge in [0, 0.05) is 36.8 Å². The summed E-state index contributed by atoms with van der Waals surface area (Å²) in [5.74, 6) is 1.30. The van der Waals surface area contributed by atoms with E-state index in [4.69, 9.17) is 26.4 Å². The summed E-state index contributed by atoms with van der Waals surface area (Å²) in [6.07, 6.45) is 0.0775. The van der Waals surface area contributed by atoms with Gasteiger partial charge in [0.1, 0.15) is 17.3 Å². The van der Waals surface area contributed by atoms with Gasteiger partial charge in [0.25, 0.3) is 0 Å². The first-order valence-electron chi connectivity index (χ1n) is 8.46. The summed E-state index contributed by atoms with van der Waals surface area (Å²) in [5.41, 5.74) is 1.59. The number of nitrogens with one attached hydrogen (secondary N) is 1. The van der Waals surface area contributed by atoms with E-state index in [2.05, 4.69) is 10.2 Å². The number of piperazine rings is 1. The van der Waals surface area contributed by atoms with Crippen LogP contribution >= 0.6 is 11.6 Å². The van der Waals surface area contributed by atoms with Gasteiger partial charge in [-0.15, -0.1) is 0 Å². The van der Waals surface area contributed by atoms with Gasteiger partial charge in [0.15, 0.2) is 5.75 Å². The van der Waals surface area contributed by atoms with E-state index in [0.717, 1.165) is 17.9 Å². The van der Waals surface area contributed by atoms with E-state index in [1.54, 1.807) is 12.1 Å². The first kappa shape index (κ1) is 16.9. The fourth-order valence-corrected chi connectivity index (χ4v) is 3.46. The molecule has 0 spiro atoms. The lowest BCUT2D eigenvalue weighted by Gasteiger charge is -2.35. The van der Waals surface area contributed by atoms with Crippen molar-refractivity contribution in [3.8, 4) is 11.5 Å². The quantitative estimate of drug-likeness (QED) is 0.847. The topological polar surface area (TPSA) is 74.2 Å². The lowest BCUT2D eigenvalue weighted by molar-refractivity contribution is -0.137. The standard InChI is InChI=1S/C19H18ClN3O3/c20-12-5-6-15-17(9-12)26-16-4-2-1-3-14(16)19(22-15)23-8-7-21-13(11-23)10-18(24)25/h1-6,9,13,21H,7-8,10-11H2,(H,24,25). The van der Waals surface area contributed by atoms with Gasteiger partial charge >= 0.3 is 5.97 Å². The third-order valence-corrected chi connectivity index (χ3v) is 4.71. The highest BCUT2D eigenvalue weighted by Crippen LogP contribution is 2.39. The molecule has 6 nitrogen and oxygen atoms in total. The maximum Gasteiger partial charge on any atom is 0.304 e. The van der Waals surface area contributed by atoms with Crippen molar-refractivity contribution in [3.05, 3.63) is 53.1 Å². The average molecular weight is 372 g/mol. The van der Waals surface area contributed by atoms with Gasteiger partial charge in [-0.05, 0) is 24.3 Å². The minimum atomic E-state index is -0.809. The molecule has 1 atom stereocenters. The average Bonchev–Trinajstić information content (AvgIpc) is 2.77. The number of halogens is 1. The smallest absolute Gasteiger partial charge is 0.304 e. The molecule has 0 bridgehead atoms. The number of para-hydroxylation sites is 1. The lowest BCUT2D eigenvalue weighted by Crippen LogP contribution is -2.53. The summed E-state index contributed by atoms with van der Waals surface area (Å²) in [6, 6.07) is 13.0. The second-order valence-electron chi connectivity index (χ2n) is 6.34. The number of aliphatic carboxylic acids is 1. The zero-order chi connectivity index (χ0) is 18.1. The molecule has 4 rings (SSSR count). The van der Waals surface area contributed by atoms with Crippen molar-refractivity contribution in [3.63, 3.8) is 0 Å². The Bertz CT molecular complexity index is 884. The summed E-state index contributed by atoms with van der Waals surface area (Å²) in [7, 11) is 0. The molecule has 2 aromatic rings. The summed E-state index contributed by atoms with van der Waals surface area (Å²) in [6.45, 7) is 2.02. The number of rotatable bonds is 2. The van der Waals surface area contributed by atoms with Crippen LogP contribution in [0, 0.1) is 0 Å². The fraction of sp³-hybridized carbons (Fsp3) is 0.263. The SMILES string of the molecule is O=C(O)CC1CN(C2=Nc3ccc(Cl)cc3Oc3ccccc32)CCN1. The number of amidine groups is 1. The highest BCUT2D eigenvalue weighted by Gasteiger charge is 2.28. The fourth-order valence-electron chi connectivity index (χ4n) is 3.30. The van der Waals surface area contributed by atoms with Gasteiger partial charge in [0.2, 0.25) is 0 Å². The van der Waals surface area contributed by atoms with Crippen LogP contribution in [0.25, 0.3) is 0 Å². The number of carbonyl (C=O) groups is 1. The number of carboxylic acid groups (broad SMARTS) is 1. The van der Waals surface area contributed by atoms with E-state index in [-0.39, 0.29) is 12.5 Å². The number of fused-ring (bicyclic) bond motifs is 2. The van der Waals surface area contributed by atoms with E-state index in [1.165, 1.54) is 0 Å². The maximum atomic E-state index is 11.1. The Labute approximate surface area is 156 Å². The Morgan fingerprint density at radius 3 is 3.00 bits per heavy atom. The zero-order valence-corrected chi connectivity index (χ0v) is 14.7. The van der Waals surface area contributed by atoms with Crippen LogP contribution in [0.15, 0.2) is 47.5 Å². The maximum absolute atomic E-state index is 11.1. The predicted molar refractivity (Wildman–Crippen MR) is 99.8 cm³/mol. The molecule has 0 amide bonds. The highest BCUT2D eigenvalue weighted by molar-refractivity contribution is 6.30. The Balaban J connectivity index is 1.75. The molecule has 2 aromatic carbocycles. The number of hydrogen-bond donors (Lipinski definition) is 2. The summed E-state index contributed by atoms with van der Waals surface area (Å²) in [5, 5.41) is 12.9. The Morgan fingerprint density at radius 1 is 1.31 bits per heavy atom. The third kappa shape index (κ3) is 3.38. The van der Waals surface area contributed by atoms with Crippen molar-refractivity contribution in [2.45, 2.75) is 12.5 Å². The van der Waals surface area contributed by atoms with Crippen molar-refractivity contribution in [1.82, 2.24) is 10.2 Å². The Hall–Kier alpha value is -2.57. The largest absolute Gasteiger partial charge is 0.481 e. The molecular weight excluding hydrogens is 354 g/mol. The van der Waals surface area contributed by atoms with Crippen molar-refractivity contribution in [2.24, 2.45) is 4.99 Å². The molecule has 1 saturated heterocycles. The molecule has 1 fully saturated rings. The van der Waals surface area contributed by atoms with Gasteiger partial charge in [-0.1, -0.05) is 23.7 Å². The third-order valence-electron chi connectivity index (χ3n) is 4.47. The second-order valence-corrected chi connectivity index (χ2v) is 6.78. The molecule has 26 heavy (non-hydrogen) atoms. The molecule has 0 radical (unpaired) electrons.